The number of hydrogen-bond donors (Lipinski definition) is 1. The summed E-state index contributed by atoms with van der Waals surface area (Å²) in [6.45, 7) is 1.52. The zero-order valence-corrected chi connectivity index (χ0v) is 9.40. The predicted octanol–water partition coefficient (Wildman–Crippen LogP) is 0.713. The molecule has 0 amide bonds. The first-order valence-corrected chi connectivity index (χ1v) is 5.91. The Morgan fingerprint density at radius 3 is 2.82 bits per heavy atom. The third-order valence-corrected chi connectivity index (χ3v) is 2.98. The van der Waals surface area contributed by atoms with E-state index in [1.54, 1.807) is 0 Å². The molecule has 2 aromatic rings. The minimum absolute atomic E-state index is 0.254. The van der Waals surface area contributed by atoms with Gasteiger partial charge >= 0.3 is 6.01 Å². The van der Waals surface area contributed by atoms with Crippen LogP contribution in [0.25, 0.3) is 0 Å². The van der Waals surface area contributed by atoms with Gasteiger partial charge in [0.15, 0.2) is 11.6 Å². The molecule has 1 N–H and O–H groups in total. The highest BCUT2D eigenvalue weighted by atomic mass is 32.2. The summed E-state index contributed by atoms with van der Waals surface area (Å²) in [5, 5.41) is 2.66. The molecule has 0 unspecified atom stereocenters. The van der Waals surface area contributed by atoms with Crippen molar-refractivity contribution >= 4 is 16.0 Å². The van der Waals surface area contributed by atoms with Gasteiger partial charge in [0, 0.05) is 6.20 Å². The monoisotopic (exact) mass is 258 g/mol. The molecule has 2 rings (SSSR count). The minimum Gasteiger partial charge on any atom is -0.314 e. The number of pyridine rings is 1. The van der Waals surface area contributed by atoms with Crippen LogP contribution in [0.5, 0.6) is 0 Å². The zero-order chi connectivity index (χ0) is 12.5. The van der Waals surface area contributed by atoms with Crippen LogP contribution in [0.15, 0.2) is 27.9 Å². The summed E-state index contributed by atoms with van der Waals surface area (Å²) in [6.07, 6.45) is 1.16. The number of hydrogen-bond acceptors (Lipinski definition) is 6. The van der Waals surface area contributed by atoms with E-state index in [4.69, 9.17) is 0 Å². The molecule has 0 spiro atoms. The van der Waals surface area contributed by atoms with E-state index < -0.39 is 20.9 Å². The van der Waals surface area contributed by atoms with Crippen LogP contribution < -0.4 is 4.72 Å². The number of aryl methyl sites for hydroxylation is 1. The van der Waals surface area contributed by atoms with Crippen LogP contribution in [0.4, 0.5) is 10.4 Å². The first-order valence-electron chi connectivity index (χ1n) is 4.43. The van der Waals surface area contributed by atoms with E-state index in [2.05, 4.69) is 19.6 Å². The van der Waals surface area contributed by atoms with E-state index in [-0.39, 0.29) is 11.8 Å². The molecule has 17 heavy (non-hydrogen) atoms. The van der Waals surface area contributed by atoms with E-state index in [9.17, 15) is 12.8 Å². The van der Waals surface area contributed by atoms with Crippen molar-refractivity contribution in [2.24, 2.45) is 0 Å². The average Bonchev–Trinajstić information content (AvgIpc) is 2.63. The number of nitrogens with one attached hydrogen (secondary N) is 1. The molecule has 0 saturated carbocycles. The van der Waals surface area contributed by atoms with Crippen LogP contribution in [-0.2, 0) is 10.0 Å². The molecule has 0 radical (unpaired) electrons. The molecule has 0 aliphatic rings. The van der Waals surface area contributed by atoms with Crippen LogP contribution in [0, 0.1) is 12.7 Å². The lowest BCUT2D eigenvalue weighted by Crippen LogP contribution is -2.16. The summed E-state index contributed by atoms with van der Waals surface area (Å²) in [4.78, 5) is 7.07. The van der Waals surface area contributed by atoms with Gasteiger partial charge < -0.3 is 4.52 Å². The fourth-order valence-electron chi connectivity index (χ4n) is 1.07. The highest BCUT2D eigenvalue weighted by Crippen LogP contribution is 2.14. The van der Waals surface area contributed by atoms with Gasteiger partial charge in [-0.25, -0.2) is 14.1 Å². The van der Waals surface area contributed by atoms with Gasteiger partial charge in [0.25, 0.3) is 10.0 Å². The molecular formula is C8H7FN4O3S. The van der Waals surface area contributed by atoms with E-state index in [0.717, 1.165) is 12.3 Å². The second kappa shape index (κ2) is 4.09. The average molecular weight is 258 g/mol. The summed E-state index contributed by atoms with van der Waals surface area (Å²) in [5.74, 6) is -0.708. The van der Waals surface area contributed by atoms with Gasteiger partial charge in [0.2, 0.25) is 5.03 Å². The molecule has 0 aliphatic heterocycles. The molecule has 0 aliphatic carbocycles. The first-order chi connectivity index (χ1) is 7.99. The normalized spacial score (nSPS) is 11.4. The Morgan fingerprint density at radius 2 is 2.24 bits per heavy atom. The van der Waals surface area contributed by atoms with E-state index >= 15 is 0 Å². The lowest BCUT2D eigenvalue weighted by atomic mass is 10.5. The van der Waals surface area contributed by atoms with Crippen molar-refractivity contribution in [2.45, 2.75) is 11.9 Å². The second-order valence-corrected chi connectivity index (χ2v) is 4.64. The lowest BCUT2D eigenvalue weighted by molar-refractivity contribution is 0.429. The van der Waals surface area contributed by atoms with Crippen LogP contribution >= 0.6 is 0 Å². The Hall–Kier alpha value is -2.03. The van der Waals surface area contributed by atoms with Crippen molar-refractivity contribution < 1.29 is 17.3 Å². The minimum atomic E-state index is -4.16. The molecule has 0 bridgehead atoms. The fraction of sp³-hybridized carbons (Fsp3) is 0.125. The SMILES string of the molecule is Cc1noc(NS(=O)(=O)c2ncccc2F)n1. The van der Waals surface area contributed by atoms with Crippen LogP contribution in [0.3, 0.4) is 0 Å². The number of anilines is 1. The number of sulfonamides is 1. The highest BCUT2D eigenvalue weighted by molar-refractivity contribution is 7.92. The third kappa shape index (κ3) is 2.38. The molecule has 0 saturated heterocycles. The Morgan fingerprint density at radius 1 is 1.47 bits per heavy atom. The van der Waals surface area contributed by atoms with Crippen molar-refractivity contribution in [3.63, 3.8) is 0 Å². The third-order valence-electron chi connectivity index (χ3n) is 1.73. The number of rotatable bonds is 3. The van der Waals surface area contributed by atoms with Crippen molar-refractivity contribution in [2.75, 3.05) is 4.72 Å². The standard InChI is InChI=1S/C8H7FN4O3S/c1-5-11-8(16-12-5)13-17(14,15)7-6(9)3-2-4-10-7/h2-4H,1H3,(H,11,12,13). The summed E-state index contributed by atoms with van der Waals surface area (Å²) in [5.41, 5.74) is 0. The summed E-state index contributed by atoms with van der Waals surface area (Å²) in [6, 6.07) is 1.93. The molecule has 0 atom stereocenters. The second-order valence-electron chi connectivity index (χ2n) is 3.04. The van der Waals surface area contributed by atoms with E-state index in [1.165, 1.54) is 13.0 Å². The predicted molar refractivity (Wildman–Crippen MR) is 54.0 cm³/mol. The molecule has 9 heteroatoms. The molecule has 0 aromatic carbocycles. The molecule has 0 fully saturated rings. The maximum Gasteiger partial charge on any atom is 0.335 e. The van der Waals surface area contributed by atoms with Crippen LogP contribution in [0.2, 0.25) is 0 Å². The van der Waals surface area contributed by atoms with Gasteiger partial charge in [-0.15, -0.1) is 0 Å². The van der Waals surface area contributed by atoms with E-state index in [0.29, 0.717) is 0 Å². The largest absolute Gasteiger partial charge is 0.335 e. The van der Waals surface area contributed by atoms with Gasteiger partial charge in [-0.3, -0.25) is 0 Å². The number of halogens is 1. The van der Waals surface area contributed by atoms with Gasteiger partial charge in [-0.1, -0.05) is 5.16 Å². The summed E-state index contributed by atoms with van der Waals surface area (Å²) >= 11 is 0. The van der Waals surface area contributed by atoms with Gasteiger partial charge in [-0.05, 0) is 19.1 Å². The maximum atomic E-state index is 13.2. The van der Waals surface area contributed by atoms with Crippen molar-refractivity contribution in [3.8, 4) is 0 Å². The topological polar surface area (TPSA) is 98.0 Å². The molecule has 7 nitrogen and oxygen atoms in total. The smallest absolute Gasteiger partial charge is 0.314 e. The molecular weight excluding hydrogens is 251 g/mol. The number of nitrogens with zero attached hydrogens (tertiary/aromatic N) is 3. The van der Waals surface area contributed by atoms with Gasteiger partial charge in [-0.2, -0.15) is 13.4 Å². The highest BCUT2D eigenvalue weighted by Gasteiger charge is 2.22. The van der Waals surface area contributed by atoms with Crippen molar-refractivity contribution in [1.82, 2.24) is 15.1 Å². The van der Waals surface area contributed by atoms with Crippen LogP contribution in [-0.4, -0.2) is 23.5 Å². The maximum absolute atomic E-state index is 13.2. The lowest BCUT2D eigenvalue weighted by Gasteiger charge is -2.02. The first kappa shape index (κ1) is 11.5. The van der Waals surface area contributed by atoms with Gasteiger partial charge in [0.05, 0.1) is 0 Å². The molecule has 2 heterocycles. The van der Waals surface area contributed by atoms with Crippen LogP contribution in [0.1, 0.15) is 5.82 Å². The summed E-state index contributed by atoms with van der Waals surface area (Å²) in [7, 11) is -4.16. The quantitative estimate of drug-likeness (QED) is 0.870. The Labute approximate surface area is 95.7 Å². The molecule has 90 valence electrons. The van der Waals surface area contributed by atoms with Crippen molar-refractivity contribution in [1.29, 1.82) is 0 Å². The van der Waals surface area contributed by atoms with E-state index in [1.807, 2.05) is 4.72 Å². The number of aromatic nitrogens is 3. The Bertz CT molecular complexity index is 640. The molecule has 2 aromatic heterocycles. The zero-order valence-electron chi connectivity index (χ0n) is 8.58. The summed E-state index contributed by atoms with van der Waals surface area (Å²) < 4.78 is 43.1. The van der Waals surface area contributed by atoms with Gasteiger partial charge in [0.1, 0.15) is 0 Å². The van der Waals surface area contributed by atoms with Crippen molar-refractivity contribution in [3.05, 3.63) is 30.0 Å². The fourth-order valence-corrected chi connectivity index (χ4v) is 2.00. The Kier molecular flexibility index (Phi) is 2.76. The Balaban J connectivity index is 2.35.